The average Bonchev–Trinajstić information content (AvgIpc) is 3.14. The van der Waals surface area contributed by atoms with E-state index in [4.69, 9.17) is 0 Å². The van der Waals surface area contributed by atoms with Crippen molar-refractivity contribution in [2.24, 2.45) is 5.92 Å². The molecule has 0 N–H and O–H groups in total. The number of hydrogen-bond donors (Lipinski definition) is 0. The normalized spacial score (nSPS) is 23.1. The number of carbonyl (C=O) groups is 2. The van der Waals surface area contributed by atoms with Crippen molar-refractivity contribution in [1.29, 1.82) is 0 Å². The predicted molar refractivity (Wildman–Crippen MR) is 106 cm³/mol. The van der Waals surface area contributed by atoms with Gasteiger partial charge in [0.15, 0.2) is 0 Å². The Morgan fingerprint density at radius 3 is 2.19 bits per heavy atom. The minimum absolute atomic E-state index is 0.0236. The number of hydrogen-bond acceptors (Lipinski definition) is 3. The maximum Gasteiger partial charge on any atom is 0.327 e. The molecule has 1 spiro atoms. The first-order valence-corrected chi connectivity index (χ1v) is 10.4. The first-order valence-electron chi connectivity index (χ1n) is 10.4. The molecule has 3 amide bonds. The first kappa shape index (κ1) is 18.5. The van der Waals surface area contributed by atoms with Crippen molar-refractivity contribution in [3.8, 4) is 0 Å². The second kappa shape index (κ2) is 6.93. The molecule has 2 aliphatic heterocycles. The van der Waals surface area contributed by atoms with Crippen LogP contribution in [0.25, 0.3) is 0 Å². The molecule has 27 heavy (non-hydrogen) atoms. The number of benzene rings is 1. The minimum Gasteiger partial charge on any atom is -0.310 e. The van der Waals surface area contributed by atoms with Crippen LogP contribution in [-0.2, 0) is 17.6 Å². The largest absolute Gasteiger partial charge is 0.327 e. The van der Waals surface area contributed by atoms with E-state index < -0.39 is 5.54 Å². The van der Waals surface area contributed by atoms with Crippen LogP contribution in [0.5, 0.6) is 0 Å². The number of likely N-dealkylation sites (N-methyl/N-ethyl adjacent to an activating group) is 1. The van der Waals surface area contributed by atoms with Crippen molar-refractivity contribution in [3.05, 3.63) is 35.4 Å². The fraction of sp³-hybridized carbons (Fsp3) is 0.636. The molecule has 146 valence electrons. The summed E-state index contributed by atoms with van der Waals surface area (Å²) in [6.45, 7) is 9.91. The van der Waals surface area contributed by atoms with Crippen LogP contribution in [0.3, 0.4) is 0 Å². The summed E-state index contributed by atoms with van der Waals surface area (Å²) >= 11 is 0. The molecular weight excluding hydrogens is 338 g/mol. The molecule has 0 bridgehead atoms. The lowest BCUT2D eigenvalue weighted by Crippen LogP contribution is -2.57. The quantitative estimate of drug-likeness (QED) is 0.767. The smallest absolute Gasteiger partial charge is 0.310 e. The van der Waals surface area contributed by atoms with Crippen molar-refractivity contribution >= 4 is 11.9 Å². The third kappa shape index (κ3) is 2.96. The van der Waals surface area contributed by atoms with Gasteiger partial charge in [-0.3, -0.25) is 9.69 Å². The Balaban J connectivity index is 1.55. The lowest BCUT2D eigenvalue weighted by atomic mass is 9.85. The van der Waals surface area contributed by atoms with Crippen molar-refractivity contribution in [2.45, 2.75) is 58.0 Å². The lowest BCUT2D eigenvalue weighted by molar-refractivity contribution is -0.137. The van der Waals surface area contributed by atoms with Gasteiger partial charge in [0.1, 0.15) is 5.54 Å². The Bertz CT molecular complexity index is 712. The standard InChI is InChI=1S/C22H31N3O2/c1-4-24-21(27)25(19-13-17-7-5-6-8-18(17)14-19)20(26)22(24)9-11-23(12-10-22)15-16(2)3/h5-8,16,19H,4,9-15H2,1-3H3. The van der Waals surface area contributed by atoms with E-state index in [1.54, 1.807) is 4.90 Å². The zero-order valence-corrected chi connectivity index (χ0v) is 16.8. The van der Waals surface area contributed by atoms with Gasteiger partial charge in [-0.2, -0.15) is 0 Å². The molecule has 0 radical (unpaired) electrons. The molecule has 2 heterocycles. The molecule has 1 aromatic rings. The van der Waals surface area contributed by atoms with E-state index in [1.807, 2.05) is 24.0 Å². The number of nitrogens with zero attached hydrogens (tertiary/aromatic N) is 3. The summed E-state index contributed by atoms with van der Waals surface area (Å²) < 4.78 is 0. The van der Waals surface area contributed by atoms with Crippen LogP contribution >= 0.6 is 0 Å². The molecule has 0 unspecified atom stereocenters. The lowest BCUT2D eigenvalue weighted by Gasteiger charge is -2.42. The highest BCUT2D eigenvalue weighted by Gasteiger charge is 2.59. The minimum atomic E-state index is -0.617. The molecule has 5 nitrogen and oxygen atoms in total. The molecule has 4 rings (SSSR count). The number of rotatable bonds is 4. The third-order valence-corrected chi connectivity index (χ3v) is 6.59. The maximum absolute atomic E-state index is 13.6. The van der Waals surface area contributed by atoms with Crippen molar-refractivity contribution in [1.82, 2.24) is 14.7 Å². The van der Waals surface area contributed by atoms with Crippen molar-refractivity contribution < 1.29 is 9.59 Å². The molecule has 5 heteroatoms. The number of amides is 3. The van der Waals surface area contributed by atoms with Crippen LogP contribution in [0.4, 0.5) is 4.79 Å². The number of imide groups is 1. The maximum atomic E-state index is 13.6. The Morgan fingerprint density at radius 2 is 1.67 bits per heavy atom. The van der Waals surface area contributed by atoms with Gasteiger partial charge in [0.2, 0.25) is 0 Å². The average molecular weight is 370 g/mol. The molecular formula is C22H31N3O2. The predicted octanol–water partition coefficient (Wildman–Crippen LogP) is 2.93. The topological polar surface area (TPSA) is 43.9 Å². The van der Waals surface area contributed by atoms with Crippen molar-refractivity contribution in [3.63, 3.8) is 0 Å². The van der Waals surface area contributed by atoms with Gasteiger partial charge in [0.05, 0.1) is 0 Å². The fourth-order valence-electron chi connectivity index (χ4n) is 5.32. The van der Waals surface area contributed by atoms with Gasteiger partial charge in [0, 0.05) is 32.2 Å². The van der Waals surface area contributed by atoms with Gasteiger partial charge >= 0.3 is 6.03 Å². The van der Waals surface area contributed by atoms with E-state index in [-0.39, 0.29) is 18.0 Å². The zero-order valence-electron chi connectivity index (χ0n) is 16.8. The van der Waals surface area contributed by atoms with E-state index in [0.29, 0.717) is 12.5 Å². The fourth-order valence-corrected chi connectivity index (χ4v) is 5.32. The van der Waals surface area contributed by atoms with Gasteiger partial charge in [-0.15, -0.1) is 0 Å². The highest BCUT2D eigenvalue weighted by atomic mass is 16.2. The number of likely N-dealkylation sites (tertiary alicyclic amines) is 1. The Hall–Kier alpha value is -1.88. The SMILES string of the molecule is CCN1C(=O)N(C2Cc3ccccc3C2)C(=O)C12CCN(CC(C)C)CC2. The van der Waals surface area contributed by atoms with Crippen LogP contribution < -0.4 is 0 Å². The second-order valence-corrected chi connectivity index (χ2v) is 8.76. The van der Waals surface area contributed by atoms with Crippen molar-refractivity contribution in [2.75, 3.05) is 26.2 Å². The molecule has 2 fully saturated rings. The summed E-state index contributed by atoms with van der Waals surface area (Å²) in [7, 11) is 0. The summed E-state index contributed by atoms with van der Waals surface area (Å²) in [5, 5.41) is 0. The van der Waals surface area contributed by atoms with Crippen LogP contribution in [0.2, 0.25) is 0 Å². The van der Waals surface area contributed by atoms with E-state index >= 15 is 0 Å². The molecule has 0 aromatic heterocycles. The monoisotopic (exact) mass is 369 g/mol. The summed E-state index contributed by atoms with van der Waals surface area (Å²) in [6.07, 6.45) is 3.10. The molecule has 0 atom stereocenters. The molecule has 1 aliphatic carbocycles. The second-order valence-electron chi connectivity index (χ2n) is 8.76. The molecule has 2 saturated heterocycles. The van der Waals surface area contributed by atoms with Gasteiger partial charge < -0.3 is 9.80 Å². The number of urea groups is 1. The van der Waals surface area contributed by atoms with Crippen LogP contribution in [0.15, 0.2) is 24.3 Å². The third-order valence-electron chi connectivity index (χ3n) is 6.59. The number of carbonyl (C=O) groups excluding carboxylic acids is 2. The Kier molecular flexibility index (Phi) is 4.75. The van der Waals surface area contributed by atoms with Gasteiger partial charge in [-0.1, -0.05) is 38.1 Å². The van der Waals surface area contributed by atoms with Gasteiger partial charge in [-0.25, -0.2) is 4.79 Å². The Labute approximate surface area is 162 Å². The highest BCUT2D eigenvalue weighted by molar-refractivity contribution is 6.07. The van der Waals surface area contributed by atoms with E-state index in [0.717, 1.165) is 45.3 Å². The van der Waals surface area contributed by atoms with E-state index in [2.05, 4.69) is 30.9 Å². The summed E-state index contributed by atoms with van der Waals surface area (Å²) in [4.78, 5) is 32.7. The zero-order chi connectivity index (χ0) is 19.2. The van der Waals surface area contributed by atoms with E-state index in [1.165, 1.54) is 11.1 Å². The molecule has 0 saturated carbocycles. The molecule has 1 aromatic carbocycles. The number of fused-ring (bicyclic) bond motifs is 1. The van der Waals surface area contributed by atoms with Gasteiger partial charge in [-0.05, 0) is 49.7 Å². The number of piperidine rings is 1. The van der Waals surface area contributed by atoms with Gasteiger partial charge in [0.25, 0.3) is 5.91 Å². The first-order chi connectivity index (χ1) is 13.0. The summed E-state index contributed by atoms with van der Waals surface area (Å²) in [5.41, 5.74) is 1.94. The van der Waals surface area contributed by atoms with E-state index in [9.17, 15) is 9.59 Å². The highest BCUT2D eigenvalue weighted by Crippen LogP contribution is 2.40. The van der Waals surface area contributed by atoms with Crippen LogP contribution in [0.1, 0.15) is 44.7 Å². The van der Waals surface area contributed by atoms with Crippen LogP contribution in [0, 0.1) is 5.92 Å². The summed E-state index contributed by atoms with van der Waals surface area (Å²) in [5.74, 6) is 0.673. The summed E-state index contributed by atoms with van der Waals surface area (Å²) in [6, 6.07) is 8.23. The van der Waals surface area contributed by atoms with Crippen LogP contribution in [-0.4, -0.2) is 64.4 Å². The molecule has 3 aliphatic rings. The Morgan fingerprint density at radius 1 is 1.07 bits per heavy atom.